The molecule has 1 fully saturated rings. The molecule has 5 heteroatoms. The molecule has 0 bridgehead atoms. The minimum absolute atomic E-state index is 0.217. The highest BCUT2D eigenvalue weighted by atomic mass is 16.2. The van der Waals surface area contributed by atoms with Crippen molar-refractivity contribution in [3.63, 3.8) is 0 Å². The first-order valence-electron chi connectivity index (χ1n) is 5.63. The molecule has 1 aliphatic heterocycles. The molecule has 1 atom stereocenters. The average molecular weight is 226 g/mol. The first-order chi connectivity index (χ1) is 7.51. The maximum Gasteiger partial charge on any atom is 0.237 e. The van der Waals surface area contributed by atoms with Crippen molar-refractivity contribution in [1.82, 2.24) is 4.90 Å². The fourth-order valence-corrected chi connectivity index (χ4v) is 2.26. The smallest absolute Gasteiger partial charge is 0.237 e. The van der Waals surface area contributed by atoms with Crippen LogP contribution in [-0.4, -0.2) is 29.2 Å². The summed E-state index contributed by atoms with van der Waals surface area (Å²) in [6, 6.07) is 0. The SMILES string of the molecule is CCC(CC)C1CC(=O)N(CC(N)=O)C1=O. The van der Waals surface area contributed by atoms with Gasteiger partial charge in [-0.25, -0.2) is 0 Å². The van der Waals surface area contributed by atoms with Gasteiger partial charge in [-0.2, -0.15) is 0 Å². The first-order valence-corrected chi connectivity index (χ1v) is 5.63. The van der Waals surface area contributed by atoms with Crippen LogP contribution in [0.1, 0.15) is 33.1 Å². The molecule has 1 rings (SSSR count). The quantitative estimate of drug-likeness (QED) is 0.684. The molecule has 0 aromatic rings. The van der Waals surface area contributed by atoms with Crippen molar-refractivity contribution < 1.29 is 14.4 Å². The maximum absolute atomic E-state index is 11.9. The molecule has 16 heavy (non-hydrogen) atoms. The number of carbonyl (C=O) groups is 3. The molecule has 1 saturated heterocycles. The van der Waals surface area contributed by atoms with E-state index in [0.717, 1.165) is 17.7 Å². The van der Waals surface area contributed by atoms with E-state index in [1.54, 1.807) is 0 Å². The summed E-state index contributed by atoms with van der Waals surface area (Å²) in [5.74, 6) is -1.21. The second-order valence-corrected chi connectivity index (χ2v) is 4.17. The molecule has 90 valence electrons. The van der Waals surface area contributed by atoms with Gasteiger partial charge in [0, 0.05) is 6.42 Å². The zero-order valence-corrected chi connectivity index (χ0v) is 9.73. The van der Waals surface area contributed by atoms with Gasteiger partial charge in [0.2, 0.25) is 17.7 Å². The van der Waals surface area contributed by atoms with Gasteiger partial charge in [-0.1, -0.05) is 26.7 Å². The highest BCUT2D eigenvalue weighted by molar-refractivity contribution is 6.05. The summed E-state index contributed by atoms with van der Waals surface area (Å²) >= 11 is 0. The molecule has 2 N–H and O–H groups in total. The lowest BCUT2D eigenvalue weighted by Gasteiger charge is -2.18. The van der Waals surface area contributed by atoms with Crippen molar-refractivity contribution in [3.05, 3.63) is 0 Å². The van der Waals surface area contributed by atoms with Crippen molar-refractivity contribution in [2.75, 3.05) is 6.54 Å². The zero-order valence-electron chi connectivity index (χ0n) is 9.73. The van der Waals surface area contributed by atoms with E-state index in [0.29, 0.717) is 0 Å². The molecule has 5 nitrogen and oxygen atoms in total. The fraction of sp³-hybridized carbons (Fsp3) is 0.727. The number of likely N-dealkylation sites (tertiary alicyclic amines) is 1. The molecule has 1 aliphatic rings. The van der Waals surface area contributed by atoms with Gasteiger partial charge >= 0.3 is 0 Å². The summed E-state index contributed by atoms with van der Waals surface area (Å²) < 4.78 is 0. The van der Waals surface area contributed by atoms with Gasteiger partial charge in [0.1, 0.15) is 6.54 Å². The number of carbonyl (C=O) groups excluding carboxylic acids is 3. The summed E-state index contributed by atoms with van der Waals surface area (Å²) in [6.07, 6.45) is 1.95. The number of amides is 3. The van der Waals surface area contributed by atoms with Crippen molar-refractivity contribution >= 4 is 17.7 Å². The molecular formula is C11H18N2O3. The van der Waals surface area contributed by atoms with E-state index in [4.69, 9.17) is 5.73 Å². The van der Waals surface area contributed by atoms with Crippen LogP contribution in [0, 0.1) is 11.8 Å². The summed E-state index contributed by atoms with van der Waals surface area (Å²) in [6.45, 7) is 3.72. The normalized spacial score (nSPS) is 20.9. The number of rotatable bonds is 5. The Morgan fingerprint density at radius 3 is 2.44 bits per heavy atom. The van der Waals surface area contributed by atoms with E-state index in [1.807, 2.05) is 13.8 Å². The van der Waals surface area contributed by atoms with Crippen LogP contribution >= 0.6 is 0 Å². The molecule has 0 radical (unpaired) electrons. The lowest BCUT2D eigenvalue weighted by atomic mass is 9.87. The van der Waals surface area contributed by atoms with Gasteiger partial charge in [0.15, 0.2) is 0 Å². The topological polar surface area (TPSA) is 80.5 Å². The minimum atomic E-state index is -0.646. The third-order valence-electron chi connectivity index (χ3n) is 3.21. The Kier molecular flexibility index (Phi) is 4.04. The van der Waals surface area contributed by atoms with E-state index >= 15 is 0 Å². The van der Waals surface area contributed by atoms with Gasteiger partial charge in [-0.05, 0) is 5.92 Å². The Bertz CT molecular complexity index is 310. The molecule has 1 unspecified atom stereocenters. The van der Waals surface area contributed by atoms with Crippen molar-refractivity contribution in [3.8, 4) is 0 Å². The van der Waals surface area contributed by atoms with Gasteiger partial charge in [-0.3, -0.25) is 19.3 Å². The lowest BCUT2D eigenvalue weighted by molar-refractivity contribution is -0.143. The van der Waals surface area contributed by atoms with Crippen molar-refractivity contribution in [2.45, 2.75) is 33.1 Å². The van der Waals surface area contributed by atoms with E-state index in [2.05, 4.69) is 0 Å². The Balaban J connectivity index is 2.77. The number of nitrogens with two attached hydrogens (primary N) is 1. The number of primary amides is 1. The molecule has 0 aliphatic carbocycles. The molecule has 3 amide bonds. The third-order valence-corrected chi connectivity index (χ3v) is 3.21. The van der Waals surface area contributed by atoms with Crippen LogP contribution in [-0.2, 0) is 14.4 Å². The van der Waals surface area contributed by atoms with Crippen LogP contribution in [0.2, 0.25) is 0 Å². The van der Waals surface area contributed by atoms with E-state index in [-0.39, 0.29) is 36.6 Å². The Labute approximate surface area is 95.0 Å². The minimum Gasteiger partial charge on any atom is -0.368 e. The van der Waals surface area contributed by atoms with E-state index < -0.39 is 5.91 Å². The zero-order chi connectivity index (χ0) is 12.3. The van der Waals surface area contributed by atoms with Crippen LogP contribution in [0.3, 0.4) is 0 Å². The van der Waals surface area contributed by atoms with E-state index in [9.17, 15) is 14.4 Å². The fourth-order valence-electron chi connectivity index (χ4n) is 2.26. The molecule has 0 aromatic carbocycles. The van der Waals surface area contributed by atoms with Crippen LogP contribution in [0.25, 0.3) is 0 Å². The number of imide groups is 1. The molecule has 0 aromatic heterocycles. The van der Waals surface area contributed by atoms with Gasteiger partial charge < -0.3 is 5.73 Å². The average Bonchev–Trinajstić information content (AvgIpc) is 2.48. The van der Waals surface area contributed by atoms with Crippen molar-refractivity contribution in [1.29, 1.82) is 0 Å². The van der Waals surface area contributed by atoms with Crippen LogP contribution in [0.15, 0.2) is 0 Å². The van der Waals surface area contributed by atoms with E-state index in [1.165, 1.54) is 0 Å². The number of hydrogen-bond acceptors (Lipinski definition) is 3. The summed E-state index contributed by atoms with van der Waals surface area (Å²) in [5.41, 5.74) is 5.00. The van der Waals surface area contributed by atoms with Crippen LogP contribution < -0.4 is 5.73 Å². The monoisotopic (exact) mass is 226 g/mol. The summed E-state index contributed by atoms with van der Waals surface area (Å²) in [5, 5.41) is 0. The predicted octanol–water partition coefficient (Wildman–Crippen LogP) is 0.283. The van der Waals surface area contributed by atoms with Crippen LogP contribution in [0.4, 0.5) is 0 Å². The third kappa shape index (κ3) is 2.40. The van der Waals surface area contributed by atoms with Gasteiger partial charge in [-0.15, -0.1) is 0 Å². The van der Waals surface area contributed by atoms with Gasteiger partial charge in [0.25, 0.3) is 0 Å². The Morgan fingerprint density at radius 1 is 1.44 bits per heavy atom. The summed E-state index contributed by atoms with van der Waals surface area (Å²) in [4.78, 5) is 35.2. The molecule has 1 heterocycles. The molecular weight excluding hydrogens is 208 g/mol. The first kappa shape index (κ1) is 12.7. The highest BCUT2D eigenvalue weighted by Crippen LogP contribution is 2.30. The van der Waals surface area contributed by atoms with Crippen LogP contribution in [0.5, 0.6) is 0 Å². The number of nitrogens with zero attached hydrogens (tertiary/aromatic N) is 1. The Morgan fingerprint density at radius 2 is 2.00 bits per heavy atom. The lowest BCUT2D eigenvalue weighted by Crippen LogP contribution is -2.39. The number of hydrogen-bond donors (Lipinski definition) is 1. The second-order valence-electron chi connectivity index (χ2n) is 4.17. The largest absolute Gasteiger partial charge is 0.368 e. The standard InChI is InChI=1S/C11H18N2O3/c1-3-7(4-2)8-5-10(15)13(11(8)16)6-9(12)14/h7-8H,3-6H2,1-2H3,(H2,12,14). The Hall–Kier alpha value is -1.39. The highest BCUT2D eigenvalue weighted by Gasteiger charge is 2.41. The summed E-state index contributed by atoms with van der Waals surface area (Å²) in [7, 11) is 0. The van der Waals surface area contributed by atoms with Crippen molar-refractivity contribution in [2.24, 2.45) is 17.6 Å². The maximum atomic E-state index is 11.9. The second kappa shape index (κ2) is 5.09. The molecule has 0 saturated carbocycles. The predicted molar refractivity (Wildman–Crippen MR) is 58.1 cm³/mol. The molecule has 0 spiro atoms. The van der Waals surface area contributed by atoms with Gasteiger partial charge in [0.05, 0.1) is 5.92 Å².